The Balaban J connectivity index is 1.97. The molecule has 1 atom stereocenters. The van der Waals surface area contributed by atoms with E-state index in [2.05, 4.69) is 50.4 Å². The molecule has 0 bridgehead atoms. The first-order chi connectivity index (χ1) is 8.70. The average molecular weight is 245 g/mol. The van der Waals surface area contributed by atoms with Gasteiger partial charge in [-0.25, -0.2) is 0 Å². The van der Waals surface area contributed by atoms with E-state index < -0.39 is 0 Å². The summed E-state index contributed by atoms with van der Waals surface area (Å²) in [6.45, 7) is 7.81. The van der Waals surface area contributed by atoms with Gasteiger partial charge in [0, 0.05) is 6.04 Å². The van der Waals surface area contributed by atoms with E-state index in [1.54, 1.807) is 0 Å². The Morgan fingerprint density at radius 1 is 1.17 bits per heavy atom. The first kappa shape index (κ1) is 13.6. The van der Waals surface area contributed by atoms with Gasteiger partial charge < -0.3 is 5.32 Å². The van der Waals surface area contributed by atoms with Gasteiger partial charge in [-0.3, -0.25) is 0 Å². The van der Waals surface area contributed by atoms with Crippen molar-refractivity contribution in [2.75, 3.05) is 6.54 Å². The number of likely N-dealkylation sites (N-methyl/N-ethyl adjacent to an activating group) is 1. The maximum absolute atomic E-state index is 3.67. The van der Waals surface area contributed by atoms with Crippen LogP contribution in [0.5, 0.6) is 0 Å². The molecule has 0 aliphatic heterocycles. The highest BCUT2D eigenvalue weighted by atomic mass is 14.9. The Morgan fingerprint density at radius 3 is 2.28 bits per heavy atom. The van der Waals surface area contributed by atoms with Crippen molar-refractivity contribution >= 4 is 0 Å². The minimum Gasteiger partial charge on any atom is -0.314 e. The lowest BCUT2D eigenvalue weighted by molar-refractivity contribution is 0.229. The third-order valence-electron chi connectivity index (χ3n) is 4.29. The van der Waals surface area contributed by atoms with E-state index in [1.807, 2.05) is 0 Å². The lowest BCUT2D eigenvalue weighted by atomic mass is 9.77. The molecule has 0 saturated heterocycles. The maximum atomic E-state index is 3.67. The Hall–Kier alpha value is -0.820. The molecule has 0 amide bonds. The molecule has 0 radical (unpaired) electrons. The fourth-order valence-corrected chi connectivity index (χ4v) is 2.80. The predicted octanol–water partition coefficient (Wildman–Crippen LogP) is 4.13. The molecule has 100 valence electrons. The lowest BCUT2D eigenvalue weighted by Crippen LogP contribution is -2.41. The van der Waals surface area contributed by atoms with Gasteiger partial charge in [-0.15, -0.1) is 0 Å². The van der Waals surface area contributed by atoms with Gasteiger partial charge in [-0.05, 0) is 48.8 Å². The fraction of sp³-hybridized carbons (Fsp3) is 0.647. The molecule has 0 spiro atoms. The Morgan fingerprint density at radius 2 is 1.83 bits per heavy atom. The number of benzene rings is 1. The third-order valence-corrected chi connectivity index (χ3v) is 4.29. The summed E-state index contributed by atoms with van der Waals surface area (Å²) >= 11 is 0. The molecule has 1 nitrogen and oxygen atoms in total. The molecule has 2 rings (SSSR count). The van der Waals surface area contributed by atoms with Gasteiger partial charge in [0.15, 0.2) is 0 Å². The molecule has 1 heteroatoms. The van der Waals surface area contributed by atoms with Crippen molar-refractivity contribution in [2.45, 2.75) is 58.4 Å². The van der Waals surface area contributed by atoms with Gasteiger partial charge in [-0.2, -0.15) is 0 Å². The summed E-state index contributed by atoms with van der Waals surface area (Å²) in [5, 5.41) is 3.67. The van der Waals surface area contributed by atoms with Gasteiger partial charge in [0.05, 0.1) is 0 Å². The molecule has 1 aromatic carbocycles. The van der Waals surface area contributed by atoms with E-state index in [-0.39, 0.29) is 0 Å². The molecule has 1 aromatic rings. The number of hydrogen-bond acceptors (Lipinski definition) is 1. The first-order valence-corrected chi connectivity index (χ1v) is 7.53. The summed E-state index contributed by atoms with van der Waals surface area (Å²) in [5.41, 5.74) is 2.93. The van der Waals surface area contributed by atoms with Gasteiger partial charge in [0.2, 0.25) is 0 Å². The molecule has 1 fully saturated rings. The van der Waals surface area contributed by atoms with E-state index in [0.717, 1.165) is 12.5 Å². The normalized spacial score (nSPS) is 17.8. The molecular formula is C17H27N. The molecule has 1 unspecified atom stereocenters. The monoisotopic (exact) mass is 245 g/mol. The first-order valence-electron chi connectivity index (χ1n) is 7.53. The highest BCUT2D eigenvalue weighted by Crippen LogP contribution is 2.31. The van der Waals surface area contributed by atoms with Crippen molar-refractivity contribution in [1.82, 2.24) is 5.32 Å². The van der Waals surface area contributed by atoms with Crippen LogP contribution in [0.2, 0.25) is 0 Å². The highest BCUT2D eigenvalue weighted by molar-refractivity contribution is 5.25. The summed E-state index contributed by atoms with van der Waals surface area (Å²) in [6.07, 6.45) is 5.46. The average Bonchev–Trinajstić information content (AvgIpc) is 2.27. The third kappa shape index (κ3) is 3.35. The van der Waals surface area contributed by atoms with Gasteiger partial charge in [0.1, 0.15) is 0 Å². The number of hydrogen-bond donors (Lipinski definition) is 1. The molecule has 0 aromatic heterocycles. The van der Waals surface area contributed by atoms with Crippen molar-refractivity contribution < 1.29 is 0 Å². The minimum absolute atomic E-state index is 0.634. The van der Waals surface area contributed by atoms with E-state index >= 15 is 0 Å². The quantitative estimate of drug-likeness (QED) is 0.794. The van der Waals surface area contributed by atoms with Crippen molar-refractivity contribution in [2.24, 2.45) is 5.92 Å². The lowest BCUT2D eigenvalue weighted by Gasteiger charge is -2.34. The zero-order valence-electron chi connectivity index (χ0n) is 12.1. The van der Waals surface area contributed by atoms with E-state index in [1.165, 1.54) is 36.8 Å². The number of rotatable bonds is 6. The van der Waals surface area contributed by atoms with Crippen LogP contribution < -0.4 is 5.32 Å². The zero-order valence-corrected chi connectivity index (χ0v) is 12.1. The Bertz CT molecular complexity index is 348. The standard InChI is InChI=1S/C17H27N/c1-4-18-17(16-6-5-7-16)12-14-8-10-15(11-9-14)13(2)3/h8-11,13,16-18H,4-7,12H2,1-3H3. The SMILES string of the molecule is CCNC(Cc1ccc(C(C)C)cc1)C1CCC1. The van der Waals surface area contributed by atoms with Crippen molar-refractivity contribution in [1.29, 1.82) is 0 Å². The van der Waals surface area contributed by atoms with Crippen LogP contribution in [0.3, 0.4) is 0 Å². The second-order valence-electron chi connectivity index (χ2n) is 5.96. The molecule has 0 heterocycles. The topological polar surface area (TPSA) is 12.0 Å². The molecule has 1 N–H and O–H groups in total. The van der Waals surface area contributed by atoms with Crippen molar-refractivity contribution in [3.63, 3.8) is 0 Å². The summed E-state index contributed by atoms with van der Waals surface area (Å²) in [4.78, 5) is 0. The van der Waals surface area contributed by atoms with Crippen LogP contribution in [-0.2, 0) is 6.42 Å². The largest absolute Gasteiger partial charge is 0.314 e. The zero-order chi connectivity index (χ0) is 13.0. The van der Waals surface area contributed by atoms with Gasteiger partial charge in [0.25, 0.3) is 0 Å². The molecule has 18 heavy (non-hydrogen) atoms. The van der Waals surface area contributed by atoms with Crippen LogP contribution in [-0.4, -0.2) is 12.6 Å². The summed E-state index contributed by atoms with van der Waals surface area (Å²) < 4.78 is 0. The van der Waals surface area contributed by atoms with Crippen LogP contribution in [0.4, 0.5) is 0 Å². The molecule has 1 saturated carbocycles. The van der Waals surface area contributed by atoms with Crippen LogP contribution in [0, 0.1) is 5.92 Å². The minimum atomic E-state index is 0.634. The molecule has 1 aliphatic carbocycles. The smallest absolute Gasteiger partial charge is 0.0136 e. The van der Waals surface area contributed by atoms with E-state index in [4.69, 9.17) is 0 Å². The van der Waals surface area contributed by atoms with Crippen molar-refractivity contribution in [3.8, 4) is 0 Å². The Labute approximate surface area is 112 Å². The summed E-state index contributed by atoms with van der Waals surface area (Å²) in [7, 11) is 0. The van der Waals surface area contributed by atoms with Crippen LogP contribution in [0.15, 0.2) is 24.3 Å². The maximum Gasteiger partial charge on any atom is 0.0136 e. The second kappa shape index (κ2) is 6.38. The van der Waals surface area contributed by atoms with Crippen LogP contribution in [0.1, 0.15) is 57.1 Å². The molecule has 1 aliphatic rings. The summed E-state index contributed by atoms with van der Waals surface area (Å²) in [6, 6.07) is 9.91. The van der Waals surface area contributed by atoms with Crippen molar-refractivity contribution in [3.05, 3.63) is 35.4 Å². The van der Waals surface area contributed by atoms with Gasteiger partial charge >= 0.3 is 0 Å². The van der Waals surface area contributed by atoms with Gasteiger partial charge in [-0.1, -0.05) is 51.5 Å². The summed E-state index contributed by atoms with van der Waals surface area (Å²) in [5.74, 6) is 1.55. The second-order valence-corrected chi connectivity index (χ2v) is 5.96. The number of nitrogens with one attached hydrogen (secondary N) is 1. The molecular weight excluding hydrogens is 218 g/mol. The predicted molar refractivity (Wildman–Crippen MR) is 79.0 cm³/mol. The fourth-order valence-electron chi connectivity index (χ4n) is 2.80. The van der Waals surface area contributed by atoms with E-state index in [0.29, 0.717) is 12.0 Å². The Kier molecular flexibility index (Phi) is 4.82. The van der Waals surface area contributed by atoms with Crippen LogP contribution >= 0.6 is 0 Å². The van der Waals surface area contributed by atoms with E-state index in [9.17, 15) is 0 Å². The van der Waals surface area contributed by atoms with Crippen LogP contribution in [0.25, 0.3) is 0 Å². The highest BCUT2D eigenvalue weighted by Gasteiger charge is 2.26.